The van der Waals surface area contributed by atoms with E-state index in [1.807, 2.05) is 13.8 Å². The number of nitrogens with zero attached hydrogens (tertiary/aromatic N) is 1. The topological polar surface area (TPSA) is 59.4 Å². The number of hydrogen-bond acceptors (Lipinski definition) is 3. The third kappa shape index (κ3) is 3.86. The lowest BCUT2D eigenvalue weighted by atomic mass is 10.1. The molecular formula is C15H13Cl2NO3. The molecule has 6 heteroatoms. The van der Waals surface area contributed by atoms with Gasteiger partial charge in [-0.15, -0.1) is 0 Å². The Balaban J connectivity index is 2.43. The molecule has 0 saturated heterocycles. The van der Waals surface area contributed by atoms with Crippen molar-refractivity contribution in [3.05, 3.63) is 51.6 Å². The molecule has 0 bridgehead atoms. The molecule has 4 nitrogen and oxygen atoms in total. The third-order valence-electron chi connectivity index (χ3n) is 2.77. The second-order valence-corrected chi connectivity index (χ2v) is 5.60. The number of aromatic nitrogens is 1. The number of benzene rings is 1. The smallest absolute Gasteiger partial charge is 0.335 e. The highest BCUT2D eigenvalue weighted by molar-refractivity contribution is 6.34. The number of ether oxygens (including phenoxy) is 1. The van der Waals surface area contributed by atoms with Crippen LogP contribution in [0.15, 0.2) is 30.3 Å². The Morgan fingerprint density at radius 2 is 1.95 bits per heavy atom. The quantitative estimate of drug-likeness (QED) is 0.859. The number of pyridine rings is 1. The van der Waals surface area contributed by atoms with Crippen LogP contribution >= 0.6 is 23.2 Å². The van der Waals surface area contributed by atoms with Gasteiger partial charge in [0, 0.05) is 22.8 Å². The van der Waals surface area contributed by atoms with Crippen LogP contribution in [0.5, 0.6) is 11.6 Å². The molecule has 2 aromatic rings. The Kier molecular flexibility index (Phi) is 4.70. The highest BCUT2D eigenvalue weighted by Crippen LogP contribution is 2.32. The van der Waals surface area contributed by atoms with Gasteiger partial charge in [0.25, 0.3) is 0 Å². The lowest BCUT2D eigenvalue weighted by Crippen LogP contribution is -2.03. The summed E-state index contributed by atoms with van der Waals surface area (Å²) in [6, 6.07) is 7.67. The van der Waals surface area contributed by atoms with Crippen LogP contribution in [0.25, 0.3) is 0 Å². The average Bonchev–Trinajstić information content (AvgIpc) is 2.42. The monoisotopic (exact) mass is 325 g/mol. The molecular weight excluding hydrogens is 313 g/mol. The first kappa shape index (κ1) is 15.6. The number of halogens is 2. The fourth-order valence-electron chi connectivity index (χ4n) is 1.67. The Labute approximate surface area is 132 Å². The highest BCUT2D eigenvalue weighted by atomic mass is 35.5. The summed E-state index contributed by atoms with van der Waals surface area (Å²) < 4.78 is 5.58. The van der Waals surface area contributed by atoms with Crippen molar-refractivity contribution in [2.75, 3.05) is 0 Å². The minimum absolute atomic E-state index is 0.0708. The molecule has 110 valence electrons. The van der Waals surface area contributed by atoms with Gasteiger partial charge in [0.2, 0.25) is 5.88 Å². The van der Waals surface area contributed by atoms with Crippen molar-refractivity contribution in [3.8, 4) is 11.6 Å². The maximum absolute atomic E-state index is 11.2. The van der Waals surface area contributed by atoms with Crippen molar-refractivity contribution in [2.45, 2.75) is 19.8 Å². The molecule has 1 heterocycles. The molecule has 21 heavy (non-hydrogen) atoms. The molecule has 0 saturated carbocycles. The molecule has 0 spiro atoms. The van der Waals surface area contributed by atoms with Gasteiger partial charge in [-0.05, 0) is 24.1 Å². The lowest BCUT2D eigenvalue weighted by molar-refractivity contribution is 0.0696. The summed E-state index contributed by atoms with van der Waals surface area (Å²) in [5, 5.41) is 9.98. The van der Waals surface area contributed by atoms with Crippen LogP contribution in [0, 0.1) is 0 Å². The van der Waals surface area contributed by atoms with Gasteiger partial charge >= 0.3 is 5.97 Å². The van der Waals surface area contributed by atoms with Gasteiger partial charge in [0.1, 0.15) is 5.75 Å². The van der Waals surface area contributed by atoms with Crippen molar-refractivity contribution in [3.63, 3.8) is 0 Å². The van der Waals surface area contributed by atoms with Gasteiger partial charge in [-0.3, -0.25) is 0 Å². The molecule has 0 aliphatic carbocycles. The predicted octanol–water partition coefficient (Wildman–Crippen LogP) is 5.00. The normalized spacial score (nSPS) is 10.7. The summed E-state index contributed by atoms with van der Waals surface area (Å²) in [5.74, 6) is -0.473. The summed E-state index contributed by atoms with van der Waals surface area (Å²) in [5.41, 5.74) is 0.741. The van der Waals surface area contributed by atoms with E-state index >= 15 is 0 Å². The van der Waals surface area contributed by atoms with E-state index in [1.54, 1.807) is 18.2 Å². The van der Waals surface area contributed by atoms with E-state index in [-0.39, 0.29) is 17.4 Å². The van der Waals surface area contributed by atoms with Crippen LogP contribution in [0.1, 0.15) is 35.8 Å². The van der Waals surface area contributed by atoms with E-state index in [0.717, 1.165) is 0 Å². The molecule has 1 aromatic carbocycles. The lowest BCUT2D eigenvalue weighted by Gasteiger charge is -2.11. The summed E-state index contributed by atoms with van der Waals surface area (Å²) in [6.45, 7) is 3.84. The molecule has 0 amide bonds. The minimum Gasteiger partial charge on any atom is -0.478 e. The first-order chi connectivity index (χ1) is 9.86. The summed E-state index contributed by atoms with van der Waals surface area (Å²) in [7, 11) is 0. The standard InChI is InChI=1S/C15H13Cl2NO3/c1-8(2)12-5-9(15(19)20)6-14(18-12)21-13-7-10(16)3-4-11(13)17/h3-8H,1-2H3,(H,19,20). The average molecular weight is 326 g/mol. The zero-order chi connectivity index (χ0) is 15.6. The molecule has 0 unspecified atom stereocenters. The second-order valence-electron chi connectivity index (χ2n) is 4.76. The molecule has 0 aliphatic heterocycles. The number of hydrogen-bond donors (Lipinski definition) is 1. The minimum atomic E-state index is -1.04. The highest BCUT2D eigenvalue weighted by Gasteiger charge is 2.13. The van der Waals surface area contributed by atoms with E-state index in [0.29, 0.717) is 21.5 Å². The van der Waals surface area contributed by atoms with Gasteiger partial charge in [-0.1, -0.05) is 37.0 Å². The SMILES string of the molecule is CC(C)c1cc(C(=O)O)cc(Oc2cc(Cl)ccc2Cl)n1. The Morgan fingerprint density at radius 3 is 2.57 bits per heavy atom. The molecule has 1 N–H and O–H groups in total. The van der Waals surface area contributed by atoms with E-state index in [4.69, 9.17) is 33.0 Å². The first-order valence-corrected chi connectivity index (χ1v) is 7.00. The van der Waals surface area contributed by atoms with E-state index in [2.05, 4.69) is 4.98 Å². The summed E-state index contributed by atoms with van der Waals surface area (Å²) in [4.78, 5) is 15.5. The zero-order valence-corrected chi connectivity index (χ0v) is 12.9. The first-order valence-electron chi connectivity index (χ1n) is 6.25. The van der Waals surface area contributed by atoms with E-state index < -0.39 is 5.97 Å². The number of rotatable bonds is 4. The van der Waals surface area contributed by atoms with Crippen LogP contribution < -0.4 is 4.74 Å². The van der Waals surface area contributed by atoms with E-state index in [9.17, 15) is 4.79 Å². The van der Waals surface area contributed by atoms with Crippen molar-refractivity contribution >= 4 is 29.2 Å². The molecule has 1 aromatic heterocycles. The largest absolute Gasteiger partial charge is 0.478 e. The van der Waals surface area contributed by atoms with Crippen molar-refractivity contribution in [2.24, 2.45) is 0 Å². The second kappa shape index (κ2) is 6.33. The third-order valence-corrected chi connectivity index (χ3v) is 3.32. The van der Waals surface area contributed by atoms with Crippen LogP contribution in [-0.2, 0) is 0 Å². The number of aromatic carboxylic acids is 1. The van der Waals surface area contributed by atoms with Crippen LogP contribution in [-0.4, -0.2) is 16.1 Å². The Bertz CT molecular complexity index is 687. The molecule has 0 fully saturated rings. The maximum Gasteiger partial charge on any atom is 0.335 e. The zero-order valence-electron chi connectivity index (χ0n) is 11.4. The van der Waals surface area contributed by atoms with Gasteiger partial charge < -0.3 is 9.84 Å². The predicted molar refractivity (Wildman–Crippen MR) is 81.8 cm³/mol. The van der Waals surface area contributed by atoms with E-state index in [1.165, 1.54) is 12.1 Å². The van der Waals surface area contributed by atoms with Crippen LogP contribution in [0.4, 0.5) is 0 Å². The number of carbonyl (C=O) groups is 1. The number of carboxylic acid groups (broad SMARTS) is 1. The molecule has 0 radical (unpaired) electrons. The maximum atomic E-state index is 11.2. The van der Waals surface area contributed by atoms with Gasteiger partial charge in [0.15, 0.2) is 0 Å². The molecule has 0 aliphatic rings. The summed E-state index contributed by atoms with van der Waals surface area (Å²) >= 11 is 11.9. The molecule has 0 atom stereocenters. The van der Waals surface area contributed by atoms with Crippen molar-refractivity contribution < 1.29 is 14.6 Å². The summed E-state index contributed by atoms with van der Waals surface area (Å²) in [6.07, 6.45) is 0. The van der Waals surface area contributed by atoms with Crippen LogP contribution in [0.3, 0.4) is 0 Å². The van der Waals surface area contributed by atoms with Gasteiger partial charge in [-0.2, -0.15) is 0 Å². The fourth-order valence-corrected chi connectivity index (χ4v) is 1.98. The Hall–Kier alpha value is -1.78. The van der Waals surface area contributed by atoms with Gasteiger partial charge in [0.05, 0.1) is 10.6 Å². The van der Waals surface area contributed by atoms with Gasteiger partial charge in [-0.25, -0.2) is 9.78 Å². The number of carboxylic acids is 1. The van der Waals surface area contributed by atoms with Crippen molar-refractivity contribution in [1.82, 2.24) is 4.98 Å². The fraction of sp³-hybridized carbons (Fsp3) is 0.200. The Morgan fingerprint density at radius 1 is 1.24 bits per heavy atom. The van der Waals surface area contributed by atoms with Crippen molar-refractivity contribution in [1.29, 1.82) is 0 Å². The van der Waals surface area contributed by atoms with Crippen LogP contribution in [0.2, 0.25) is 10.0 Å². The molecule has 2 rings (SSSR count).